The minimum absolute atomic E-state index is 0.0367. The molecule has 1 amide bonds. The van der Waals surface area contributed by atoms with Crippen molar-refractivity contribution < 1.29 is 24.2 Å². The summed E-state index contributed by atoms with van der Waals surface area (Å²) in [6.07, 6.45) is 3.48. The van der Waals surface area contributed by atoms with Crippen LogP contribution in [0.3, 0.4) is 0 Å². The van der Waals surface area contributed by atoms with Crippen molar-refractivity contribution in [1.82, 2.24) is 4.98 Å². The highest BCUT2D eigenvalue weighted by atomic mass is 79.9. The summed E-state index contributed by atoms with van der Waals surface area (Å²) in [7, 11) is -9.73. The van der Waals surface area contributed by atoms with Gasteiger partial charge in [-0.2, -0.15) is 0 Å². The van der Waals surface area contributed by atoms with Crippen LogP contribution in [-0.4, -0.2) is 24.0 Å². The van der Waals surface area contributed by atoms with Gasteiger partial charge < -0.3 is 10.2 Å². The maximum Gasteiger partial charge on any atom is 0.310 e. The van der Waals surface area contributed by atoms with Crippen molar-refractivity contribution in [1.29, 1.82) is 0 Å². The molecule has 0 bridgehead atoms. The summed E-state index contributed by atoms with van der Waals surface area (Å²) in [6.45, 7) is 1.74. The van der Waals surface area contributed by atoms with Gasteiger partial charge >= 0.3 is 10.2 Å². The van der Waals surface area contributed by atoms with E-state index in [1.54, 1.807) is 6.07 Å². The lowest BCUT2D eigenvalue weighted by Crippen LogP contribution is -2.20. The number of nitrogens with one attached hydrogen (secondary N) is 1. The SMILES string of the molecule is O=C(Nc1ccc(S(F)(F)(F)(F)F)cc1)c1cnc(N2CCCC2)c(Br)c1. The van der Waals surface area contributed by atoms with Crippen LogP contribution in [0.25, 0.3) is 0 Å². The fraction of sp³-hybridized carbons (Fsp3) is 0.250. The molecule has 0 atom stereocenters. The number of carbonyl (C=O) groups excluding carboxylic acids is 1. The Balaban J connectivity index is 1.75. The number of hydrogen-bond donors (Lipinski definition) is 1. The molecule has 11 heteroatoms. The fourth-order valence-electron chi connectivity index (χ4n) is 2.72. The number of pyridine rings is 1. The van der Waals surface area contributed by atoms with Gasteiger partial charge in [-0.25, -0.2) is 4.98 Å². The van der Waals surface area contributed by atoms with Crippen molar-refractivity contribution in [3.8, 4) is 0 Å². The fourth-order valence-corrected chi connectivity index (χ4v) is 3.97. The number of halogens is 6. The van der Waals surface area contributed by atoms with Gasteiger partial charge in [-0.15, -0.1) is 0 Å². The first-order chi connectivity index (χ1) is 12.3. The molecule has 1 aliphatic rings. The molecular formula is C16H15BrF5N3OS. The highest BCUT2D eigenvalue weighted by molar-refractivity contribution is 9.10. The lowest BCUT2D eigenvalue weighted by Gasteiger charge is -2.40. The predicted molar refractivity (Wildman–Crippen MR) is 99.2 cm³/mol. The molecule has 0 saturated carbocycles. The summed E-state index contributed by atoms with van der Waals surface area (Å²) in [5, 5.41) is 2.37. The van der Waals surface area contributed by atoms with E-state index in [2.05, 4.69) is 31.1 Å². The third kappa shape index (κ3) is 4.70. The van der Waals surface area contributed by atoms with Crippen molar-refractivity contribution in [2.24, 2.45) is 0 Å². The molecule has 4 nitrogen and oxygen atoms in total. The summed E-state index contributed by atoms with van der Waals surface area (Å²) < 4.78 is 64.2. The van der Waals surface area contributed by atoms with E-state index in [4.69, 9.17) is 0 Å². The zero-order valence-electron chi connectivity index (χ0n) is 13.8. The molecule has 2 aromatic rings. The van der Waals surface area contributed by atoms with Gasteiger partial charge in [-0.05, 0) is 59.1 Å². The molecule has 148 valence electrons. The van der Waals surface area contributed by atoms with Gasteiger partial charge in [0.05, 0.1) is 10.0 Å². The minimum Gasteiger partial charge on any atom is -0.356 e. The van der Waals surface area contributed by atoms with Gasteiger partial charge in [0.25, 0.3) is 5.91 Å². The van der Waals surface area contributed by atoms with Crippen LogP contribution >= 0.6 is 26.2 Å². The number of anilines is 2. The summed E-state index contributed by atoms with van der Waals surface area (Å²) in [6, 6.07) is 3.63. The molecule has 0 spiro atoms. The van der Waals surface area contributed by atoms with Crippen LogP contribution in [0, 0.1) is 0 Å². The van der Waals surface area contributed by atoms with E-state index in [-0.39, 0.29) is 23.4 Å². The van der Waals surface area contributed by atoms with Gasteiger partial charge in [0.15, 0.2) is 0 Å². The van der Waals surface area contributed by atoms with Crippen LogP contribution in [0.15, 0.2) is 45.9 Å². The van der Waals surface area contributed by atoms with E-state index < -0.39 is 21.0 Å². The molecule has 27 heavy (non-hydrogen) atoms. The van der Waals surface area contributed by atoms with Crippen LogP contribution in [0.5, 0.6) is 0 Å². The normalized spacial score (nSPS) is 17.3. The van der Waals surface area contributed by atoms with Crippen molar-refractivity contribution in [2.45, 2.75) is 17.7 Å². The Kier molecular flexibility index (Phi) is 4.46. The molecule has 1 fully saturated rings. The van der Waals surface area contributed by atoms with Crippen molar-refractivity contribution in [2.75, 3.05) is 23.3 Å². The lowest BCUT2D eigenvalue weighted by atomic mass is 10.2. The number of amides is 1. The van der Waals surface area contributed by atoms with E-state index in [9.17, 15) is 24.2 Å². The molecule has 1 N–H and O–H groups in total. The summed E-state index contributed by atoms with van der Waals surface area (Å²) in [4.78, 5) is 16.6. The van der Waals surface area contributed by atoms with E-state index in [1.807, 2.05) is 0 Å². The van der Waals surface area contributed by atoms with Gasteiger partial charge in [0, 0.05) is 25.0 Å². The highest BCUT2D eigenvalue weighted by Gasteiger charge is 2.65. The minimum atomic E-state index is -9.73. The van der Waals surface area contributed by atoms with Crippen LogP contribution in [0.1, 0.15) is 23.2 Å². The van der Waals surface area contributed by atoms with Crippen molar-refractivity contribution >= 4 is 43.6 Å². The third-order valence-electron chi connectivity index (χ3n) is 4.05. The average molecular weight is 472 g/mol. The van der Waals surface area contributed by atoms with Crippen LogP contribution < -0.4 is 10.2 Å². The molecule has 1 aromatic carbocycles. The highest BCUT2D eigenvalue weighted by Crippen LogP contribution is 3.02. The zero-order valence-corrected chi connectivity index (χ0v) is 16.2. The zero-order chi connectivity index (χ0) is 19.9. The maximum atomic E-state index is 12.7. The topological polar surface area (TPSA) is 45.2 Å². The van der Waals surface area contributed by atoms with Crippen LogP contribution in [-0.2, 0) is 0 Å². The molecule has 0 aliphatic carbocycles. The largest absolute Gasteiger partial charge is 0.356 e. The molecule has 2 heterocycles. The summed E-state index contributed by atoms with van der Waals surface area (Å²) in [5.74, 6) is 0.0977. The molecule has 1 aliphatic heterocycles. The Labute approximate surface area is 160 Å². The van der Waals surface area contributed by atoms with Crippen LogP contribution in [0.2, 0.25) is 0 Å². The number of benzene rings is 1. The van der Waals surface area contributed by atoms with Crippen molar-refractivity contribution in [3.63, 3.8) is 0 Å². The number of hydrogen-bond acceptors (Lipinski definition) is 3. The average Bonchev–Trinajstić information content (AvgIpc) is 3.07. The van der Waals surface area contributed by atoms with Crippen molar-refractivity contribution in [3.05, 3.63) is 46.6 Å². The monoisotopic (exact) mass is 471 g/mol. The summed E-state index contributed by atoms with van der Waals surface area (Å²) in [5.41, 5.74) is 0.145. The molecule has 3 rings (SSSR count). The van der Waals surface area contributed by atoms with Gasteiger partial charge in [0.1, 0.15) is 10.7 Å². The van der Waals surface area contributed by atoms with Gasteiger partial charge in [0.2, 0.25) is 0 Å². The first-order valence-corrected chi connectivity index (χ1v) is 10.6. The van der Waals surface area contributed by atoms with Crippen LogP contribution in [0.4, 0.5) is 30.9 Å². The molecular weight excluding hydrogens is 457 g/mol. The van der Waals surface area contributed by atoms with E-state index in [0.29, 0.717) is 10.3 Å². The molecule has 1 saturated heterocycles. The Morgan fingerprint density at radius 1 is 1.07 bits per heavy atom. The standard InChI is InChI=1S/C16H15BrF5N3OS/c17-14-9-11(10-23-15(14)25-7-1-2-8-25)16(26)24-12-3-5-13(6-4-12)27(18,19,20,21)22/h3-6,9-10H,1-2,7-8H2,(H,24,26). The number of rotatable bonds is 4. The maximum absolute atomic E-state index is 12.7. The van der Waals surface area contributed by atoms with E-state index in [0.717, 1.165) is 38.1 Å². The second-order valence-corrected chi connectivity index (χ2v) is 9.43. The first kappa shape index (κ1) is 19.9. The number of carbonyl (C=O) groups is 1. The Bertz CT molecular complexity index is 884. The quantitative estimate of drug-likeness (QED) is 0.528. The predicted octanol–water partition coefficient (Wildman–Crippen LogP) is 6.35. The second-order valence-electron chi connectivity index (χ2n) is 6.17. The Morgan fingerprint density at radius 2 is 1.67 bits per heavy atom. The van der Waals surface area contributed by atoms with Gasteiger partial charge in [-0.3, -0.25) is 4.79 Å². The first-order valence-electron chi connectivity index (χ1n) is 7.89. The molecule has 0 unspecified atom stereocenters. The lowest BCUT2D eigenvalue weighted by molar-refractivity contribution is 0.102. The number of aromatic nitrogens is 1. The Hall–Kier alpha value is -1.88. The Morgan fingerprint density at radius 3 is 2.19 bits per heavy atom. The summed E-state index contributed by atoms with van der Waals surface area (Å²) >= 11 is 3.37. The third-order valence-corrected chi connectivity index (χ3v) is 5.79. The van der Waals surface area contributed by atoms with E-state index >= 15 is 0 Å². The molecule has 0 radical (unpaired) electrons. The molecule has 1 aromatic heterocycles. The van der Waals surface area contributed by atoms with E-state index in [1.165, 1.54) is 6.20 Å². The van der Waals surface area contributed by atoms with Gasteiger partial charge in [-0.1, -0.05) is 19.4 Å². The smallest absolute Gasteiger partial charge is 0.310 e. The number of nitrogens with zero attached hydrogens (tertiary/aromatic N) is 2. The second kappa shape index (κ2) is 6.06.